The number of amides is 2. The van der Waals surface area contributed by atoms with Crippen molar-refractivity contribution in [2.24, 2.45) is 0 Å². The second-order valence-electron chi connectivity index (χ2n) is 7.24. The molecule has 2 aromatic heterocycles. The third-order valence-corrected chi connectivity index (χ3v) is 5.88. The van der Waals surface area contributed by atoms with Crippen LogP contribution in [0.4, 0.5) is 5.82 Å². The van der Waals surface area contributed by atoms with Crippen LogP contribution in [0.3, 0.4) is 0 Å². The van der Waals surface area contributed by atoms with Crippen molar-refractivity contribution >= 4 is 29.0 Å². The zero-order chi connectivity index (χ0) is 21.2. The van der Waals surface area contributed by atoms with Gasteiger partial charge in [-0.2, -0.15) is 0 Å². The lowest BCUT2D eigenvalue weighted by atomic mass is 10.2. The number of nitrogens with zero attached hydrogens (tertiary/aromatic N) is 3. The molecule has 0 aromatic carbocycles. The highest BCUT2D eigenvalue weighted by Gasteiger charge is 2.23. The SMILES string of the molecule is CCCCOCCCNC(=O)c1ccc(N2CCN(C(=O)c3cccs3)CC2)nc1. The fraction of sp³-hybridized carbons (Fsp3) is 0.500. The first-order valence-corrected chi connectivity index (χ1v) is 11.5. The van der Waals surface area contributed by atoms with Crippen LogP contribution in [-0.4, -0.2) is 67.6 Å². The van der Waals surface area contributed by atoms with E-state index in [2.05, 4.69) is 22.1 Å². The molecule has 1 saturated heterocycles. The Hall–Kier alpha value is -2.45. The Morgan fingerprint density at radius 3 is 2.60 bits per heavy atom. The number of thiophene rings is 1. The second kappa shape index (κ2) is 11.7. The van der Waals surface area contributed by atoms with Crippen molar-refractivity contribution in [1.29, 1.82) is 0 Å². The molecular weight excluding hydrogens is 400 g/mol. The zero-order valence-electron chi connectivity index (χ0n) is 17.5. The highest BCUT2D eigenvalue weighted by molar-refractivity contribution is 7.12. The number of pyridine rings is 1. The van der Waals surface area contributed by atoms with E-state index in [-0.39, 0.29) is 11.8 Å². The van der Waals surface area contributed by atoms with Gasteiger partial charge in [0.2, 0.25) is 0 Å². The van der Waals surface area contributed by atoms with E-state index in [0.29, 0.717) is 31.8 Å². The van der Waals surface area contributed by atoms with E-state index < -0.39 is 0 Å². The smallest absolute Gasteiger partial charge is 0.264 e. The Kier molecular flexibility index (Phi) is 8.65. The summed E-state index contributed by atoms with van der Waals surface area (Å²) in [5, 5.41) is 4.83. The van der Waals surface area contributed by atoms with Crippen LogP contribution in [0.25, 0.3) is 0 Å². The van der Waals surface area contributed by atoms with Gasteiger partial charge in [0, 0.05) is 52.1 Å². The Morgan fingerprint density at radius 1 is 1.13 bits per heavy atom. The lowest BCUT2D eigenvalue weighted by Crippen LogP contribution is -2.48. The van der Waals surface area contributed by atoms with Crippen molar-refractivity contribution in [2.45, 2.75) is 26.2 Å². The number of unbranched alkanes of at least 4 members (excludes halogenated alkanes) is 1. The minimum Gasteiger partial charge on any atom is -0.381 e. The summed E-state index contributed by atoms with van der Waals surface area (Å²) in [6.07, 6.45) is 4.62. The lowest BCUT2D eigenvalue weighted by Gasteiger charge is -2.35. The van der Waals surface area contributed by atoms with E-state index in [0.717, 1.165) is 49.7 Å². The molecule has 0 aliphatic carbocycles. The highest BCUT2D eigenvalue weighted by Crippen LogP contribution is 2.17. The van der Waals surface area contributed by atoms with Gasteiger partial charge in [0.15, 0.2) is 0 Å². The van der Waals surface area contributed by atoms with Crippen molar-refractivity contribution in [2.75, 3.05) is 50.8 Å². The van der Waals surface area contributed by atoms with Crippen molar-refractivity contribution in [1.82, 2.24) is 15.2 Å². The Morgan fingerprint density at radius 2 is 1.93 bits per heavy atom. The standard InChI is InChI=1S/C22H30N4O3S/c1-2-3-14-29-15-5-9-23-21(27)18-7-8-20(24-17-18)25-10-12-26(13-11-25)22(28)19-6-4-16-30-19/h4,6-8,16-17H,2-3,5,9-15H2,1H3,(H,23,27). The predicted molar refractivity (Wildman–Crippen MR) is 119 cm³/mol. The predicted octanol–water partition coefficient (Wildman–Crippen LogP) is 3.04. The summed E-state index contributed by atoms with van der Waals surface area (Å²) >= 11 is 1.48. The van der Waals surface area contributed by atoms with Crippen LogP contribution in [0.15, 0.2) is 35.8 Å². The van der Waals surface area contributed by atoms with E-state index in [1.165, 1.54) is 11.3 Å². The fourth-order valence-corrected chi connectivity index (χ4v) is 3.92. The fourth-order valence-electron chi connectivity index (χ4n) is 3.23. The van der Waals surface area contributed by atoms with Crippen LogP contribution in [-0.2, 0) is 4.74 Å². The van der Waals surface area contributed by atoms with Crippen LogP contribution in [0.2, 0.25) is 0 Å². The molecule has 1 N–H and O–H groups in total. The number of piperazine rings is 1. The van der Waals surface area contributed by atoms with E-state index >= 15 is 0 Å². The maximum Gasteiger partial charge on any atom is 0.264 e. The summed E-state index contributed by atoms with van der Waals surface area (Å²) in [6, 6.07) is 7.44. The number of hydrogen-bond donors (Lipinski definition) is 1. The quantitative estimate of drug-likeness (QED) is 0.587. The van der Waals surface area contributed by atoms with Gasteiger partial charge in [-0.1, -0.05) is 19.4 Å². The molecule has 1 aliphatic heterocycles. The maximum atomic E-state index is 12.4. The number of anilines is 1. The number of ether oxygens (including phenoxy) is 1. The minimum atomic E-state index is -0.117. The second-order valence-corrected chi connectivity index (χ2v) is 8.18. The van der Waals surface area contributed by atoms with Gasteiger partial charge >= 0.3 is 0 Å². The Balaban J connectivity index is 1.40. The van der Waals surface area contributed by atoms with Crippen LogP contribution < -0.4 is 10.2 Å². The molecular formula is C22H30N4O3S. The number of carbonyl (C=O) groups is 2. The largest absolute Gasteiger partial charge is 0.381 e. The molecule has 0 saturated carbocycles. The molecule has 2 amide bonds. The molecule has 0 spiro atoms. The van der Waals surface area contributed by atoms with Crippen molar-refractivity contribution < 1.29 is 14.3 Å². The van der Waals surface area contributed by atoms with Gasteiger partial charge in [-0.15, -0.1) is 11.3 Å². The topological polar surface area (TPSA) is 74.8 Å². The third-order valence-electron chi connectivity index (χ3n) is 5.03. The van der Waals surface area contributed by atoms with Crippen molar-refractivity contribution in [3.63, 3.8) is 0 Å². The van der Waals surface area contributed by atoms with Crippen LogP contribution in [0.5, 0.6) is 0 Å². The van der Waals surface area contributed by atoms with Gasteiger partial charge in [0.25, 0.3) is 11.8 Å². The van der Waals surface area contributed by atoms with E-state index in [4.69, 9.17) is 4.74 Å². The molecule has 1 fully saturated rings. The van der Waals surface area contributed by atoms with Crippen LogP contribution in [0, 0.1) is 0 Å². The average Bonchev–Trinajstić information content (AvgIpc) is 3.33. The number of nitrogens with one attached hydrogen (secondary N) is 1. The monoisotopic (exact) mass is 430 g/mol. The van der Waals surface area contributed by atoms with Crippen molar-refractivity contribution in [3.8, 4) is 0 Å². The number of aromatic nitrogens is 1. The van der Waals surface area contributed by atoms with Crippen LogP contribution >= 0.6 is 11.3 Å². The molecule has 7 nitrogen and oxygen atoms in total. The summed E-state index contributed by atoms with van der Waals surface area (Å²) < 4.78 is 5.49. The Labute approximate surface area is 182 Å². The minimum absolute atomic E-state index is 0.0976. The van der Waals surface area contributed by atoms with Gasteiger partial charge in [-0.3, -0.25) is 9.59 Å². The normalized spacial score (nSPS) is 14.0. The summed E-state index contributed by atoms with van der Waals surface area (Å²) in [6.45, 7) is 6.97. The molecule has 1 aliphatic rings. The molecule has 0 bridgehead atoms. The van der Waals surface area contributed by atoms with Gasteiger partial charge in [-0.05, 0) is 36.4 Å². The number of rotatable bonds is 10. The first-order chi connectivity index (χ1) is 14.7. The Bertz CT molecular complexity index is 787. The summed E-state index contributed by atoms with van der Waals surface area (Å²) in [7, 11) is 0. The van der Waals surface area contributed by atoms with E-state index in [9.17, 15) is 9.59 Å². The highest BCUT2D eigenvalue weighted by atomic mass is 32.1. The molecule has 0 radical (unpaired) electrons. The molecule has 0 unspecified atom stereocenters. The number of hydrogen-bond acceptors (Lipinski definition) is 6. The molecule has 3 rings (SSSR count). The molecule has 162 valence electrons. The first-order valence-electron chi connectivity index (χ1n) is 10.6. The van der Waals surface area contributed by atoms with Gasteiger partial charge in [-0.25, -0.2) is 4.98 Å². The summed E-state index contributed by atoms with van der Waals surface area (Å²) in [5.41, 5.74) is 0.553. The maximum absolute atomic E-state index is 12.4. The molecule has 2 aromatic rings. The van der Waals surface area contributed by atoms with Gasteiger partial charge in [0.1, 0.15) is 5.82 Å². The van der Waals surface area contributed by atoms with E-state index in [1.54, 1.807) is 12.3 Å². The zero-order valence-corrected chi connectivity index (χ0v) is 18.3. The van der Waals surface area contributed by atoms with Crippen LogP contribution in [0.1, 0.15) is 46.2 Å². The average molecular weight is 431 g/mol. The van der Waals surface area contributed by atoms with Gasteiger partial charge in [0.05, 0.1) is 10.4 Å². The molecule has 8 heteroatoms. The molecule has 0 atom stereocenters. The third kappa shape index (κ3) is 6.27. The molecule has 3 heterocycles. The molecule has 30 heavy (non-hydrogen) atoms. The lowest BCUT2D eigenvalue weighted by molar-refractivity contribution is 0.0751. The summed E-state index contributed by atoms with van der Waals surface area (Å²) in [4.78, 5) is 34.0. The van der Waals surface area contributed by atoms with Gasteiger partial charge < -0.3 is 19.9 Å². The number of carbonyl (C=O) groups excluding carboxylic acids is 2. The summed E-state index contributed by atoms with van der Waals surface area (Å²) in [5.74, 6) is 0.813. The first kappa shape index (κ1) is 22.2. The van der Waals surface area contributed by atoms with Crippen molar-refractivity contribution in [3.05, 3.63) is 46.3 Å². The van der Waals surface area contributed by atoms with E-state index in [1.807, 2.05) is 28.5 Å².